The fourth-order valence-electron chi connectivity index (χ4n) is 2.66. The van der Waals surface area contributed by atoms with Gasteiger partial charge in [0.15, 0.2) is 0 Å². The van der Waals surface area contributed by atoms with Gasteiger partial charge in [-0.05, 0) is 43.4 Å². The maximum atomic E-state index is 11.3. The van der Waals surface area contributed by atoms with E-state index in [1.54, 1.807) is 0 Å². The fourth-order valence-corrected chi connectivity index (χ4v) is 2.66. The molecule has 1 aromatic carbocycles. The van der Waals surface area contributed by atoms with Gasteiger partial charge in [-0.2, -0.15) is 0 Å². The molecule has 0 radical (unpaired) electrons. The predicted molar refractivity (Wildman–Crippen MR) is 67.2 cm³/mol. The molecule has 2 unspecified atom stereocenters. The number of hydrogen-bond donors (Lipinski definition) is 2. The molecule has 2 rings (SSSR count). The molecular formula is C14H19NO2. The van der Waals surface area contributed by atoms with Crippen LogP contribution in [0.4, 0.5) is 0 Å². The molecule has 2 N–H and O–H groups in total. The molecule has 0 spiro atoms. The maximum Gasteiger partial charge on any atom is 0.325 e. The van der Waals surface area contributed by atoms with E-state index in [4.69, 9.17) is 0 Å². The SMILES string of the molecule is CCC1Cc2c(C)cc(C)cc2C(C(=O)O)N1. The summed E-state index contributed by atoms with van der Waals surface area (Å²) in [6, 6.07) is 3.85. The third-order valence-electron chi connectivity index (χ3n) is 3.56. The number of carboxylic acids is 1. The van der Waals surface area contributed by atoms with Gasteiger partial charge < -0.3 is 5.11 Å². The van der Waals surface area contributed by atoms with E-state index in [0.29, 0.717) is 0 Å². The number of fused-ring (bicyclic) bond motifs is 1. The zero-order valence-electron chi connectivity index (χ0n) is 10.6. The Morgan fingerprint density at radius 3 is 2.76 bits per heavy atom. The molecule has 0 saturated carbocycles. The molecule has 0 bridgehead atoms. The summed E-state index contributed by atoms with van der Waals surface area (Å²) in [6.07, 6.45) is 1.89. The topological polar surface area (TPSA) is 49.3 Å². The Bertz CT molecular complexity index is 454. The average molecular weight is 233 g/mol. The fraction of sp³-hybridized carbons (Fsp3) is 0.500. The van der Waals surface area contributed by atoms with Crippen LogP contribution in [0.3, 0.4) is 0 Å². The first kappa shape index (κ1) is 12.1. The number of rotatable bonds is 2. The van der Waals surface area contributed by atoms with Gasteiger partial charge in [0.05, 0.1) is 0 Å². The van der Waals surface area contributed by atoms with Crippen molar-refractivity contribution in [2.24, 2.45) is 0 Å². The first-order valence-corrected chi connectivity index (χ1v) is 6.11. The van der Waals surface area contributed by atoms with Crippen molar-refractivity contribution in [2.45, 2.75) is 45.7 Å². The first-order chi connectivity index (χ1) is 8.02. The third-order valence-corrected chi connectivity index (χ3v) is 3.56. The summed E-state index contributed by atoms with van der Waals surface area (Å²) in [4.78, 5) is 11.3. The molecule has 0 amide bonds. The molecule has 0 aromatic heterocycles. The summed E-state index contributed by atoms with van der Waals surface area (Å²) >= 11 is 0. The van der Waals surface area contributed by atoms with Gasteiger partial charge in [-0.3, -0.25) is 10.1 Å². The first-order valence-electron chi connectivity index (χ1n) is 6.11. The molecule has 17 heavy (non-hydrogen) atoms. The van der Waals surface area contributed by atoms with Crippen LogP contribution in [0, 0.1) is 13.8 Å². The Balaban J connectivity index is 2.52. The molecule has 0 saturated heterocycles. The van der Waals surface area contributed by atoms with Gasteiger partial charge in [0, 0.05) is 6.04 Å². The highest BCUT2D eigenvalue weighted by Gasteiger charge is 2.31. The minimum Gasteiger partial charge on any atom is -0.480 e. The van der Waals surface area contributed by atoms with E-state index >= 15 is 0 Å². The highest BCUT2D eigenvalue weighted by atomic mass is 16.4. The number of carboxylic acid groups (broad SMARTS) is 1. The third kappa shape index (κ3) is 2.20. The molecule has 3 heteroatoms. The molecule has 3 nitrogen and oxygen atoms in total. The number of nitrogens with one attached hydrogen (secondary N) is 1. The van der Waals surface area contributed by atoms with Gasteiger partial charge in [-0.1, -0.05) is 24.6 Å². The summed E-state index contributed by atoms with van der Waals surface area (Å²) in [5, 5.41) is 12.5. The predicted octanol–water partition coefficient (Wildman–Crippen LogP) is 2.35. The molecule has 1 aromatic rings. The van der Waals surface area contributed by atoms with E-state index in [-0.39, 0.29) is 6.04 Å². The number of aryl methyl sites for hydroxylation is 2. The molecule has 0 fully saturated rings. The van der Waals surface area contributed by atoms with Crippen molar-refractivity contribution < 1.29 is 9.90 Å². The quantitative estimate of drug-likeness (QED) is 0.824. The number of benzene rings is 1. The van der Waals surface area contributed by atoms with Gasteiger partial charge in [-0.25, -0.2) is 0 Å². The average Bonchev–Trinajstić information content (AvgIpc) is 2.27. The second-order valence-corrected chi connectivity index (χ2v) is 4.90. The number of hydrogen-bond acceptors (Lipinski definition) is 2. The van der Waals surface area contributed by atoms with Crippen molar-refractivity contribution in [3.63, 3.8) is 0 Å². The highest BCUT2D eigenvalue weighted by Crippen LogP contribution is 2.30. The minimum atomic E-state index is -0.783. The van der Waals surface area contributed by atoms with Crippen LogP contribution in [0.1, 0.15) is 41.6 Å². The van der Waals surface area contributed by atoms with Crippen LogP contribution in [-0.2, 0) is 11.2 Å². The van der Waals surface area contributed by atoms with Gasteiger partial charge in [-0.15, -0.1) is 0 Å². The van der Waals surface area contributed by atoms with E-state index < -0.39 is 12.0 Å². The number of carbonyl (C=O) groups is 1. The summed E-state index contributed by atoms with van der Waals surface area (Å²) in [5.41, 5.74) is 4.50. The smallest absolute Gasteiger partial charge is 0.325 e. The Kier molecular flexibility index (Phi) is 3.20. The Morgan fingerprint density at radius 1 is 1.47 bits per heavy atom. The lowest BCUT2D eigenvalue weighted by Crippen LogP contribution is -2.42. The lowest BCUT2D eigenvalue weighted by Gasteiger charge is -2.32. The number of aliphatic carboxylic acids is 1. The van der Waals surface area contributed by atoms with Crippen molar-refractivity contribution in [3.05, 3.63) is 34.4 Å². The normalized spacial score (nSPS) is 23.2. The van der Waals surface area contributed by atoms with Gasteiger partial charge >= 0.3 is 5.97 Å². The zero-order chi connectivity index (χ0) is 12.6. The minimum absolute atomic E-state index is 0.269. The van der Waals surface area contributed by atoms with E-state index in [9.17, 15) is 9.90 Å². The van der Waals surface area contributed by atoms with Crippen molar-refractivity contribution in [3.8, 4) is 0 Å². The van der Waals surface area contributed by atoms with E-state index in [0.717, 1.165) is 24.0 Å². The van der Waals surface area contributed by atoms with Crippen LogP contribution >= 0.6 is 0 Å². The zero-order valence-corrected chi connectivity index (χ0v) is 10.6. The van der Waals surface area contributed by atoms with Crippen LogP contribution in [-0.4, -0.2) is 17.1 Å². The van der Waals surface area contributed by atoms with Crippen molar-refractivity contribution >= 4 is 5.97 Å². The highest BCUT2D eigenvalue weighted by molar-refractivity contribution is 5.77. The monoisotopic (exact) mass is 233 g/mol. The van der Waals surface area contributed by atoms with Gasteiger partial charge in [0.2, 0.25) is 0 Å². The summed E-state index contributed by atoms with van der Waals surface area (Å²) in [6.45, 7) is 6.17. The van der Waals surface area contributed by atoms with Crippen LogP contribution in [0.2, 0.25) is 0 Å². The van der Waals surface area contributed by atoms with Crippen LogP contribution in [0.25, 0.3) is 0 Å². The molecule has 92 valence electrons. The maximum absolute atomic E-state index is 11.3. The lowest BCUT2D eigenvalue weighted by atomic mass is 9.85. The molecule has 0 aliphatic carbocycles. The standard InChI is InChI=1S/C14H19NO2/c1-4-10-7-11-9(3)5-8(2)6-12(11)13(15-10)14(16)17/h5-6,10,13,15H,4,7H2,1-3H3,(H,16,17). The second kappa shape index (κ2) is 4.49. The Morgan fingerprint density at radius 2 is 2.18 bits per heavy atom. The molecular weight excluding hydrogens is 214 g/mol. The van der Waals surface area contributed by atoms with E-state index in [1.807, 2.05) is 13.0 Å². The second-order valence-electron chi connectivity index (χ2n) is 4.90. The summed E-state index contributed by atoms with van der Waals surface area (Å²) in [7, 11) is 0. The summed E-state index contributed by atoms with van der Waals surface area (Å²) in [5.74, 6) is -0.783. The largest absolute Gasteiger partial charge is 0.480 e. The van der Waals surface area contributed by atoms with Crippen LogP contribution < -0.4 is 5.32 Å². The van der Waals surface area contributed by atoms with Gasteiger partial charge in [0.1, 0.15) is 6.04 Å². The van der Waals surface area contributed by atoms with Crippen molar-refractivity contribution in [2.75, 3.05) is 0 Å². The Hall–Kier alpha value is -1.35. The Labute approximate surface area is 102 Å². The van der Waals surface area contributed by atoms with Crippen LogP contribution in [0.5, 0.6) is 0 Å². The lowest BCUT2D eigenvalue weighted by molar-refractivity contribution is -0.140. The molecule has 1 aliphatic heterocycles. The van der Waals surface area contributed by atoms with Gasteiger partial charge in [0.25, 0.3) is 0 Å². The van der Waals surface area contributed by atoms with Crippen molar-refractivity contribution in [1.82, 2.24) is 5.32 Å². The summed E-state index contributed by atoms with van der Waals surface area (Å²) < 4.78 is 0. The molecule has 2 atom stereocenters. The van der Waals surface area contributed by atoms with E-state index in [1.165, 1.54) is 11.1 Å². The van der Waals surface area contributed by atoms with Crippen molar-refractivity contribution in [1.29, 1.82) is 0 Å². The molecule has 1 heterocycles. The van der Waals surface area contributed by atoms with Crippen LogP contribution in [0.15, 0.2) is 12.1 Å². The molecule has 1 aliphatic rings. The van der Waals surface area contributed by atoms with E-state index in [2.05, 4.69) is 25.2 Å².